The summed E-state index contributed by atoms with van der Waals surface area (Å²) in [5.41, 5.74) is 2.94. The molecule has 3 heterocycles. The summed E-state index contributed by atoms with van der Waals surface area (Å²) in [5.74, 6) is -0.501. The Morgan fingerprint density at radius 2 is 1.03 bits per heavy atom. The summed E-state index contributed by atoms with van der Waals surface area (Å²) in [6.45, 7) is 0. The molecular weight excluding hydrogens is 557 g/mol. The van der Waals surface area contributed by atoms with Crippen LogP contribution in [0.3, 0.4) is 0 Å². The number of thiophene rings is 2. The Kier molecular flexibility index (Phi) is 6.53. The fourth-order valence-electron chi connectivity index (χ4n) is 4.02. The van der Waals surface area contributed by atoms with Gasteiger partial charge in [-0.15, -0.1) is 22.7 Å². The molecule has 0 radical (unpaired) electrons. The Hall–Kier alpha value is -4.58. The van der Waals surface area contributed by atoms with E-state index in [2.05, 4.69) is 8.75 Å². The van der Waals surface area contributed by atoms with Crippen LogP contribution in [-0.2, 0) is 0 Å². The zero-order valence-electron chi connectivity index (χ0n) is 19.7. The van der Waals surface area contributed by atoms with Gasteiger partial charge in [-0.1, -0.05) is 12.1 Å². The van der Waals surface area contributed by atoms with Crippen molar-refractivity contribution in [2.45, 2.75) is 0 Å². The lowest BCUT2D eigenvalue weighted by Crippen LogP contribution is -1.99. The maximum Gasteiger partial charge on any atom is 0.335 e. The Balaban J connectivity index is 1.62. The molecule has 0 aliphatic heterocycles. The molecule has 0 unspecified atom stereocenters. The lowest BCUT2D eigenvalue weighted by molar-refractivity contribution is 0.0686. The number of aromatic nitrogens is 2. The van der Waals surface area contributed by atoms with Crippen molar-refractivity contribution < 1.29 is 29.3 Å². The van der Waals surface area contributed by atoms with Crippen LogP contribution in [0, 0.1) is 0 Å². The Bertz CT molecular complexity index is 1660. The molecule has 3 aromatic carbocycles. The van der Waals surface area contributed by atoms with Gasteiger partial charge in [0.05, 0.1) is 34.0 Å². The summed E-state index contributed by atoms with van der Waals surface area (Å²) >= 11 is 4.10. The monoisotopic (exact) mass is 572 g/mol. The van der Waals surface area contributed by atoms with E-state index in [-0.39, 0.29) is 11.1 Å². The first-order chi connectivity index (χ1) is 19.0. The Labute approximate surface area is 233 Å². The summed E-state index contributed by atoms with van der Waals surface area (Å²) < 4.78 is 22.2. The van der Waals surface area contributed by atoms with E-state index >= 15 is 0 Å². The largest absolute Gasteiger partial charge is 0.478 e. The third-order valence-corrected chi connectivity index (χ3v) is 8.10. The van der Waals surface area contributed by atoms with Crippen molar-refractivity contribution in [3.8, 4) is 43.9 Å². The summed E-state index contributed by atoms with van der Waals surface area (Å²) in [6, 6.07) is 20.0. The third kappa shape index (κ3) is 4.74. The number of aromatic carboxylic acids is 2. The van der Waals surface area contributed by atoms with Gasteiger partial charge < -0.3 is 19.7 Å². The van der Waals surface area contributed by atoms with Crippen molar-refractivity contribution in [2.75, 3.05) is 0 Å². The van der Waals surface area contributed by atoms with E-state index in [9.17, 15) is 19.8 Å². The fraction of sp³-hybridized carbons (Fsp3) is 0. The predicted molar refractivity (Wildman–Crippen MR) is 151 cm³/mol. The SMILES string of the molecule is O=C(O)c1ccc(Oc2c(Oc3ccc(C(=O)O)cc3)c(-c3cccs3)c3nsnc3c2-c2cccs2)cc1. The van der Waals surface area contributed by atoms with Crippen LogP contribution >= 0.6 is 34.4 Å². The average molecular weight is 573 g/mol. The molecule has 0 saturated heterocycles. The highest BCUT2D eigenvalue weighted by molar-refractivity contribution is 7.14. The zero-order chi connectivity index (χ0) is 26.9. The highest BCUT2D eigenvalue weighted by Crippen LogP contribution is 2.54. The molecule has 0 bridgehead atoms. The second-order valence-corrected chi connectivity index (χ2v) is 10.6. The number of ether oxygens (including phenoxy) is 2. The molecule has 0 saturated carbocycles. The van der Waals surface area contributed by atoms with Gasteiger partial charge in [0, 0.05) is 9.75 Å². The molecule has 0 atom stereocenters. The lowest BCUT2D eigenvalue weighted by Gasteiger charge is -2.19. The van der Waals surface area contributed by atoms with Crippen molar-refractivity contribution in [3.05, 3.63) is 94.7 Å². The molecule has 3 aromatic heterocycles. The topological polar surface area (TPSA) is 119 Å². The van der Waals surface area contributed by atoms with Crippen LogP contribution in [0.2, 0.25) is 0 Å². The van der Waals surface area contributed by atoms with Crippen molar-refractivity contribution in [2.24, 2.45) is 0 Å². The first-order valence-corrected chi connectivity index (χ1v) is 13.9. The van der Waals surface area contributed by atoms with Gasteiger partial charge in [0.15, 0.2) is 11.5 Å². The van der Waals surface area contributed by atoms with Crippen molar-refractivity contribution >= 4 is 57.4 Å². The normalized spacial score (nSPS) is 11.0. The molecule has 0 fully saturated rings. The first-order valence-electron chi connectivity index (χ1n) is 11.4. The molecule has 0 aliphatic carbocycles. The van der Waals surface area contributed by atoms with E-state index in [1.807, 2.05) is 35.0 Å². The highest BCUT2D eigenvalue weighted by atomic mass is 32.1. The van der Waals surface area contributed by atoms with E-state index < -0.39 is 11.9 Å². The minimum Gasteiger partial charge on any atom is -0.478 e. The van der Waals surface area contributed by atoms with E-state index in [4.69, 9.17) is 9.47 Å². The molecule has 11 heteroatoms. The number of fused-ring (bicyclic) bond motifs is 1. The average Bonchev–Trinajstić information content (AvgIpc) is 3.73. The molecular formula is C28H16N2O6S3. The second-order valence-electron chi connectivity index (χ2n) is 8.19. The zero-order valence-corrected chi connectivity index (χ0v) is 22.2. The summed E-state index contributed by atoms with van der Waals surface area (Å²) in [4.78, 5) is 24.5. The standard InChI is InChI=1S/C28H16N2O6S3/c31-27(32)15-5-9-17(10-6-15)35-25-21(19-3-1-13-37-19)23-24(30-39-29-23)22(20-4-2-14-38-20)26(25)36-18-11-7-16(8-12-18)28(33)34/h1-14H,(H,31,32)(H,33,34). The van der Waals surface area contributed by atoms with E-state index in [1.165, 1.54) is 46.9 Å². The number of carboxylic acid groups (broad SMARTS) is 2. The van der Waals surface area contributed by atoms with Gasteiger partial charge in [0.2, 0.25) is 0 Å². The van der Waals surface area contributed by atoms with Gasteiger partial charge >= 0.3 is 11.9 Å². The number of carbonyl (C=O) groups is 2. The van der Waals surface area contributed by atoms with Crippen molar-refractivity contribution in [1.82, 2.24) is 8.75 Å². The molecule has 0 amide bonds. The summed E-state index contributed by atoms with van der Waals surface area (Å²) in [7, 11) is 0. The van der Waals surface area contributed by atoms with Crippen LogP contribution in [0.1, 0.15) is 20.7 Å². The molecule has 6 aromatic rings. The predicted octanol–water partition coefficient (Wildman–Crippen LogP) is 8.13. The van der Waals surface area contributed by atoms with Gasteiger partial charge in [-0.3, -0.25) is 0 Å². The quantitative estimate of drug-likeness (QED) is 0.188. The first kappa shape index (κ1) is 24.7. The van der Waals surface area contributed by atoms with Crippen LogP contribution < -0.4 is 9.47 Å². The van der Waals surface area contributed by atoms with Crippen LogP contribution in [0.15, 0.2) is 83.6 Å². The molecule has 8 nitrogen and oxygen atoms in total. The van der Waals surface area contributed by atoms with Gasteiger partial charge in [-0.25, -0.2) is 9.59 Å². The van der Waals surface area contributed by atoms with Gasteiger partial charge in [0.1, 0.15) is 22.5 Å². The third-order valence-electron chi connectivity index (χ3n) is 5.80. The second kappa shape index (κ2) is 10.3. The maximum absolute atomic E-state index is 11.4. The molecule has 2 N–H and O–H groups in total. The van der Waals surface area contributed by atoms with E-state index in [1.54, 1.807) is 24.3 Å². The number of hydrogen-bond donors (Lipinski definition) is 2. The van der Waals surface area contributed by atoms with Gasteiger partial charge in [-0.2, -0.15) is 8.75 Å². The van der Waals surface area contributed by atoms with E-state index in [0.29, 0.717) is 45.2 Å². The number of rotatable bonds is 8. The van der Waals surface area contributed by atoms with Crippen molar-refractivity contribution in [1.29, 1.82) is 0 Å². The summed E-state index contributed by atoms with van der Waals surface area (Å²) in [6.07, 6.45) is 0. The fourth-order valence-corrected chi connectivity index (χ4v) is 6.11. The van der Waals surface area contributed by atoms with Gasteiger partial charge in [-0.05, 0) is 71.4 Å². The molecule has 39 heavy (non-hydrogen) atoms. The van der Waals surface area contributed by atoms with Crippen LogP contribution in [0.4, 0.5) is 0 Å². The Morgan fingerprint density at radius 3 is 1.36 bits per heavy atom. The van der Waals surface area contributed by atoms with Crippen molar-refractivity contribution in [3.63, 3.8) is 0 Å². The summed E-state index contributed by atoms with van der Waals surface area (Å²) in [5, 5.41) is 22.5. The number of nitrogens with zero attached hydrogens (tertiary/aromatic N) is 2. The highest BCUT2D eigenvalue weighted by Gasteiger charge is 2.29. The maximum atomic E-state index is 11.4. The number of benzene rings is 3. The van der Waals surface area contributed by atoms with Gasteiger partial charge in [0.25, 0.3) is 0 Å². The smallest absolute Gasteiger partial charge is 0.335 e. The molecule has 0 aliphatic rings. The Morgan fingerprint density at radius 1 is 0.615 bits per heavy atom. The van der Waals surface area contributed by atoms with Crippen LogP contribution in [0.5, 0.6) is 23.0 Å². The van der Waals surface area contributed by atoms with Crippen LogP contribution in [-0.4, -0.2) is 30.9 Å². The molecule has 192 valence electrons. The van der Waals surface area contributed by atoms with E-state index in [0.717, 1.165) is 21.5 Å². The minimum atomic E-state index is -1.04. The van der Waals surface area contributed by atoms with Crippen LogP contribution in [0.25, 0.3) is 31.9 Å². The lowest BCUT2D eigenvalue weighted by atomic mass is 10.0. The number of hydrogen-bond acceptors (Lipinski definition) is 9. The minimum absolute atomic E-state index is 0.134. The molecule has 0 spiro atoms. The molecule has 6 rings (SSSR count). The number of carboxylic acids is 2.